The van der Waals surface area contributed by atoms with Crippen molar-refractivity contribution in [1.29, 1.82) is 0 Å². The van der Waals surface area contributed by atoms with Crippen LogP contribution in [0.4, 0.5) is 10.1 Å². The molecule has 142 valence electrons. The van der Waals surface area contributed by atoms with Gasteiger partial charge in [-0.05, 0) is 12.1 Å². The number of hydrogen-bond donors (Lipinski definition) is 1. The highest BCUT2D eigenvalue weighted by atomic mass is 19.1. The fourth-order valence-electron chi connectivity index (χ4n) is 3.49. The molecule has 2 saturated heterocycles. The van der Waals surface area contributed by atoms with Crippen LogP contribution in [0, 0.1) is 5.82 Å². The van der Waals surface area contributed by atoms with Gasteiger partial charge in [0.15, 0.2) is 0 Å². The second kappa shape index (κ2) is 8.46. The quantitative estimate of drug-likeness (QED) is 0.739. The van der Waals surface area contributed by atoms with E-state index in [4.69, 9.17) is 5.73 Å². The van der Waals surface area contributed by atoms with Crippen LogP contribution in [0.2, 0.25) is 0 Å². The molecule has 0 bridgehead atoms. The molecule has 2 aliphatic heterocycles. The zero-order valence-electron chi connectivity index (χ0n) is 14.9. The summed E-state index contributed by atoms with van der Waals surface area (Å²) in [6.07, 6.45) is 0. The van der Waals surface area contributed by atoms with Crippen LogP contribution in [0.5, 0.6) is 0 Å². The number of hydrogen-bond acceptors (Lipinski definition) is 5. The van der Waals surface area contributed by atoms with Crippen LogP contribution in [0.25, 0.3) is 0 Å². The summed E-state index contributed by atoms with van der Waals surface area (Å²) in [6, 6.07) is 6.62. The van der Waals surface area contributed by atoms with Crippen LogP contribution in [-0.2, 0) is 9.59 Å². The number of rotatable bonds is 3. The van der Waals surface area contributed by atoms with Crippen molar-refractivity contribution in [2.75, 3.05) is 70.3 Å². The van der Waals surface area contributed by atoms with Gasteiger partial charge >= 0.3 is 11.8 Å². The number of carbonyl (C=O) groups excluding carboxylic acids is 2. The molecule has 0 atom stereocenters. The largest absolute Gasteiger partial charge is 0.366 e. The van der Waals surface area contributed by atoms with Crippen LogP contribution in [0.3, 0.4) is 0 Å². The van der Waals surface area contributed by atoms with Crippen molar-refractivity contribution in [3.8, 4) is 0 Å². The van der Waals surface area contributed by atoms with E-state index in [9.17, 15) is 14.0 Å². The normalized spacial score (nSPS) is 18.9. The maximum Gasteiger partial charge on any atom is 0.312 e. The Kier molecular flexibility index (Phi) is 6.05. The molecule has 2 amide bonds. The van der Waals surface area contributed by atoms with E-state index in [0.29, 0.717) is 51.5 Å². The molecule has 2 N–H and O–H groups in total. The molecule has 0 aliphatic carbocycles. The third-order valence-corrected chi connectivity index (χ3v) is 5.05. The van der Waals surface area contributed by atoms with Crippen molar-refractivity contribution in [2.24, 2.45) is 5.73 Å². The highest BCUT2D eigenvalue weighted by Gasteiger charge is 2.31. The number of nitrogens with two attached hydrogens (primary N) is 1. The van der Waals surface area contributed by atoms with Crippen LogP contribution in [0.1, 0.15) is 0 Å². The summed E-state index contributed by atoms with van der Waals surface area (Å²) < 4.78 is 13.9. The zero-order valence-corrected chi connectivity index (χ0v) is 14.9. The van der Waals surface area contributed by atoms with E-state index in [1.807, 2.05) is 4.90 Å². The SMILES string of the molecule is NCCN1CCN(C(=O)C(=O)N2CCN(c3ccccc3F)CC2)CC1. The van der Waals surface area contributed by atoms with E-state index in [1.54, 1.807) is 28.0 Å². The number of benzene rings is 1. The third kappa shape index (κ3) is 4.13. The molecule has 0 saturated carbocycles. The molecule has 2 fully saturated rings. The number of carbonyl (C=O) groups is 2. The number of nitrogens with zero attached hydrogens (tertiary/aromatic N) is 4. The van der Waals surface area contributed by atoms with Crippen molar-refractivity contribution in [3.05, 3.63) is 30.1 Å². The first-order valence-electron chi connectivity index (χ1n) is 9.10. The molecule has 0 radical (unpaired) electrons. The van der Waals surface area contributed by atoms with E-state index in [0.717, 1.165) is 19.6 Å². The second-order valence-electron chi connectivity index (χ2n) is 6.65. The third-order valence-electron chi connectivity index (χ3n) is 5.05. The lowest BCUT2D eigenvalue weighted by molar-refractivity contribution is -0.153. The Bertz CT molecular complexity index is 640. The first-order chi connectivity index (χ1) is 12.6. The summed E-state index contributed by atoms with van der Waals surface area (Å²) in [4.78, 5) is 32.3. The van der Waals surface area contributed by atoms with Crippen LogP contribution >= 0.6 is 0 Å². The van der Waals surface area contributed by atoms with Crippen LogP contribution in [0.15, 0.2) is 24.3 Å². The number of para-hydroxylation sites is 1. The summed E-state index contributed by atoms with van der Waals surface area (Å²) in [6.45, 7) is 5.90. The Hall–Kier alpha value is -2.19. The number of halogens is 1. The monoisotopic (exact) mass is 363 g/mol. The molecule has 0 aromatic heterocycles. The first-order valence-corrected chi connectivity index (χ1v) is 9.10. The molecule has 1 aromatic carbocycles. The van der Waals surface area contributed by atoms with Crippen molar-refractivity contribution in [1.82, 2.24) is 14.7 Å². The van der Waals surface area contributed by atoms with E-state index in [2.05, 4.69) is 4.90 Å². The smallest absolute Gasteiger partial charge is 0.312 e. The fourth-order valence-corrected chi connectivity index (χ4v) is 3.49. The van der Waals surface area contributed by atoms with Gasteiger partial charge in [0.2, 0.25) is 0 Å². The summed E-state index contributed by atoms with van der Waals surface area (Å²) in [5.41, 5.74) is 6.10. The minimum absolute atomic E-state index is 0.265. The van der Waals surface area contributed by atoms with Gasteiger partial charge in [0, 0.05) is 65.4 Å². The van der Waals surface area contributed by atoms with Gasteiger partial charge in [-0.15, -0.1) is 0 Å². The highest BCUT2D eigenvalue weighted by Crippen LogP contribution is 2.20. The van der Waals surface area contributed by atoms with E-state index in [1.165, 1.54) is 6.07 Å². The topological polar surface area (TPSA) is 73.1 Å². The average Bonchev–Trinajstić information content (AvgIpc) is 2.68. The Morgan fingerprint density at radius 2 is 1.42 bits per heavy atom. The Labute approximate surface area is 153 Å². The van der Waals surface area contributed by atoms with Gasteiger partial charge < -0.3 is 20.4 Å². The molecular formula is C18H26FN5O2. The van der Waals surface area contributed by atoms with Gasteiger partial charge in [0.1, 0.15) is 5.82 Å². The summed E-state index contributed by atoms with van der Waals surface area (Å²) in [5.74, 6) is -1.15. The van der Waals surface area contributed by atoms with Gasteiger partial charge in [0.05, 0.1) is 5.69 Å². The summed E-state index contributed by atoms with van der Waals surface area (Å²) >= 11 is 0. The van der Waals surface area contributed by atoms with Crippen molar-refractivity contribution < 1.29 is 14.0 Å². The molecular weight excluding hydrogens is 337 g/mol. The van der Waals surface area contributed by atoms with Gasteiger partial charge in [-0.1, -0.05) is 12.1 Å². The summed E-state index contributed by atoms with van der Waals surface area (Å²) in [5, 5.41) is 0. The van der Waals surface area contributed by atoms with E-state index in [-0.39, 0.29) is 5.82 Å². The molecule has 26 heavy (non-hydrogen) atoms. The van der Waals surface area contributed by atoms with Crippen molar-refractivity contribution in [2.45, 2.75) is 0 Å². The zero-order chi connectivity index (χ0) is 18.5. The maximum absolute atomic E-state index is 13.9. The molecule has 0 unspecified atom stereocenters. The van der Waals surface area contributed by atoms with Gasteiger partial charge in [-0.3, -0.25) is 14.5 Å². The highest BCUT2D eigenvalue weighted by molar-refractivity contribution is 6.35. The van der Waals surface area contributed by atoms with Crippen LogP contribution < -0.4 is 10.6 Å². The average molecular weight is 363 g/mol. The lowest BCUT2D eigenvalue weighted by atomic mass is 10.2. The molecule has 2 aliphatic rings. The van der Waals surface area contributed by atoms with Gasteiger partial charge in [0.25, 0.3) is 0 Å². The predicted octanol–water partition coefficient (Wildman–Crippen LogP) is -0.423. The Morgan fingerprint density at radius 3 is 1.96 bits per heavy atom. The van der Waals surface area contributed by atoms with Crippen molar-refractivity contribution in [3.63, 3.8) is 0 Å². The molecule has 1 aromatic rings. The molecule has 2 heterocycles. The van der Waals surface area contributed by atoms with Crippen LogP contribution in [-0.4, -0.2) is 92.0 Å². The minimum Gasteiger partial charge on any atom is -0.366 e. The van der Waals surface area contributed by atoms with Gasteiger partial charge in [-0.25, -0.2) is 4.39 Å². The van der Waals surface area contributed by atoms with E-state index < -0.39 is 11.8 Å². The Balaban J connectivity index is 1.51. The Morgan fingerprint density at radius 1 is 0.885 bits per heavy atom. The fraction of sp³-hybridized carbons (Fsp3) is 0.556. The molecule has 8 heteroatoms. The standard InChI is InChI=1S/C18H26FN5O2/c19-15-3-1-2-4-16(15)22-11-13-24(14-12-22)18(26)17(25)23-9-7-21(6-5-20)8-10-23/h1-4H,5-14,20H2. The van der Waals surface area contributed by atoms with Gasteiger partial charge in [-0.2, -0.15) is 0 Å². The maximum atomic E-state index is 13.9. The number of anilines is 1. The number of piperazine rings is 2. The summed E-state index contributed by atoms with van der Waals surface area (Å²) in [7, 11) is 0. The first kappa shape index (κ1) is 18.6. The second-order valence-corrected chi connectivity index (χ2v) is 6.65. The van der Waals surface area contributed by atoms with Crippen molar-refractivity contribution >= 4 is 17.5 Å². The lowest BCUT2D eigenvalue weighted by Gasteiger charge is -2.38. The minimum atomic E-state index is -0.453. The molecule has 3 rings (SSSR count). The number of amides is 2. The van der Waals surface area contributed by atoms with E-state index >= 15 is 0 Å². The predicted molar refractivity (Wildman–Crippen MR) is 97.3 cm³/mol. The molecule has 0 spiro atoms. The molecule has 7 nitrogen and oxygen atoms in total. The lowest BCUT2D eigenvalue weighted by Crippen LogP contribution is -2.56.